The van der Waals surface area contributed by atoms with E-state index in [2.05, 4.69) is 15.8 Å². The number of hydrogen-bond donors (Lipinski definition) is 3. The van der Waals surface area contributed by atoms with E-state index < -0.39 is 6.04 Å². The van der Waals surface area contributed by atoms with Gasteiger partial charge in [0.15, 0.2) is 0 Å². The van der Waals surface area contributed by atoms with Gasteiger partial charge in [-0.1, -0.05) is 54.6 Å². The van der Waals surface area contributed by atoms with Crippen LogP contribution in [0.1, 0.15) is 5.56 Å². The second kappa shape index (κ2) is 9.82. The van der Waals surface area contributed by atoms with Crippen LogP contribution in [0, 0.1) is 4.91 Å². The van der Waals surface area contributed by atoms with E-state index in [9.17, 15) is 14.8 Å². The van der Waals surface area contributed by atoms with Crippen molar-refractivity contribution >= 4 is 33.7 Å². The van der Waals surface area contributed by atoms with Gasteiger partial charge >= 0.3 is 0 Å². The number of nitrogens with zero attached hydrogens (tertiary/aromatic N) is 1. The zero-order valence-corrected chi connectivity index (χ0v) is 18.0. The van der Waals surface area contributed by atoms with Gasteiger partial charge in [0.1, 0.15) is 23.2 Å². The first-order chi connectivity index (χ1) is 16.1. The molecule has 33 heavy (non-hydrogen) atoms. The van der Waals surface area contributed by atoms with E-state index in [-0.39, 0.29) is 23.0 Å². The average molecular weight is 441 g/mol. The van der Waals surface area contributed by atoms with E-state index in [1.807, 2.05) is 30.3 Å². The standard InChI is InChI=1S/C26H23N3O4/c1-33-19-13-11-18(12-14-19)27-26(31)24(15-17-7-3-2-4-8-17)28-23-16-22(29-32)20-9-5-6-10-21(20)25(23)30/h2-14,16,24,28,30H,15H2,1H3,(H,27,31). The Bertz CT molecular complexity index is 1270. The molecular weight excluding hydrogens is 418 g/mol. The number of phenolic OH excluding ortho intramolecular Hbond substituents is 1. The van der Waals surface area contributed by atoms with E-state index in [1.165, 1.54) is 6.07 Å². The summed E-state index contributed by atoms with van der Waals surface area (Å²) in [6, 6.07) is 24.2. The summed E-state index contributed by atoms with van der Waals surface area (Å²) in [6.07, 6.45) is 0.360. The molecule has 7 nitrogen and oxygen atoms in total. The van der Waals surface area contributed by atoms with Crippen LogP contribution in [0.3, 0.4) is 0 Å². The quantitative estimate of drug-likeness (QED) is 0.244. The Morgan fingerprint density at radius 1 is 0.970 bits per heavy atom. The first kappa shape index (κ1) is 21.8. The lowest BCUT2D eigenvalue weighted by Crippen LogP contribution is -2.36. The molecule has 0 aliphatic heterocycles. The fraction of sp³-hybridized carbons (Fsp3) is 0.115. The van der Waals surface area contributed by atoms with Gasteiger partial charge in [-0.25, -0.2) is 0 Å². The maximum absolute atomic E-state index is 13.2. The lowest BCUT2D eigenvalue weighted by Gasteiger charge is -2.21. The summed E-state index contributed by atoms with van der Waals surface area (Å²) in [5.74, 6) is 0.340. The maximum Gasteiger partial charge on any atom is 0.247 e. The van der Waals surface area contributed by atoms with E-state index in [0.717, 1.165) is 5.56 Å². The van der Waals surface area contributed by atoms with Gasteiger partial charge in [0.25, 0.3) is 0 Å². The number of aromatic hydroxyl groups is 1. The minimum atomic E-state index is -0.735. The molecule has 1 unspecified atom stereocenters. The van der Waals surface area contributed by atoms with Crippen molar-refractivity contribution in [1.82, 2.24) is 0 Å². The number of nitroso groups, excluding NO2 is 1. The molecule has 0 bridgehead atoms. The number of phenols is 1. The van der Waals surface area contributed by atoms with Gasteiger partial charge in [-0.05, 0) is 41.1 Å². The molecule has 0 aromatic heterocycles. The number of nitrogens with one attached hydrogen (secondary N) is 2. The van der Waals surface area contributed by atoms with Crippen molar-refractivity contribution in [3.63, 3.8) is 0 Å². The monoisotopic (exact) mass is 441 g/mol. The lowest BCUT2D eigenvalue weighted by atomic mass is 10.0. The fourth-order valence-electron chi connectivity index (χ4n) is 3.68. The number of hydrogen-bond acceptors (Lipinski definition) is 6. The summed E-state index contributed by atoms with van der Waals surface area (Å²) in [5.41, 5.74) is 1.99. The number of ether oxygens (including phenoxy) is 1. The Kier molecular flexibility index (Phi) is 6.50. The van der Waals surface area contributed by atoms with Crippen LogP contribution in [-0.4, -0.2) is 24.2 Å². The van der Waals surface area contributed by atoms with Crippen LogP contribution in [-0.2, 0) is 11.2 Å². The van der Waals surface area contributed by atoms with Crippen LogP contribution in [0.2, 0.25) is 0 Å². The highest BCUT2D eigenvalue weighted by Gasteiger charge is 2.22. The molecule has 0 aliphatic carbocycles. The zero-order chi connectivity index (χ0) is 23.2. The number of fused-ring (bicyclic) bond motifs is 1. The molecule has 7 heteroatoms. The predicted octanol–water partition coefficient (Wildman–Crippen LogP) is 5.61. The molecule has 0 saturated heterocycles. The van der Waals surface area contributed by atoms with Crippen molar-refractivity contribution in [2.75, 3.05) is 17.7 Å². The molecule has 4 aromatic carbocycles. The highest BCUT2D eigenvalue weighted by atomic mass is 16.5. The number of methoxy groups -OCH3 is 1. The van der Waals surface area contributed by atoms with Crippen molar-refractivity contribution in [2.45, 2.75) is 12.5 Å². The molecule has 4 aromatic rings. The van der Waals surface area contributed by atoms with Crippen LogP contribution in [0.4, 0.5) is 17.1 Å². The second-order valence-electron chi connectivity index (χ2n) is 7.53. The molecule has 3 N–H and O–H groups in total. The number of carbonyl (C=O) groups excluding carboxylic acids is 1. The van der Waals surface area contributed by atoms with E-state index in [0.29, 0.717) is 28.6 Å². The Labute approximate surface area is 191 Å². The van der Waals surface area contributed by atoms with E-state index in [4.69, 9.17) is 4.74 Å². The Hall–Kier alpha value is -4.39. The summed E-state index contributed by atoms with van der Waals surface area (Å²) in [4.78, 5) is 24.7. The summed E-state index contributed by atoms with van der Waals surface area (Å²) in [5, 5.41) is 21.0. The minimum absolute atomic E-state index is 0.0479. The molecule has 0 heterocycles. The fourth-order valence-corrected chi connectivity index (χ4v) is 3.68. The molecule has 0 aliphatic rings. The molecule has 0 spiro atoms. The molecule has 0 radical (unpaired) electrons. The number of carbonyl (C=O) groups is 1. The topological polar surface area (TPSA) is 100 Å². The van der Waals surface area contributed by atoms with Crippen molar-refractivity contribution in [1.29, 1.82) is 0 Å². The second-order valence-corrected chi connectivity index (χ2v) is 7.53. The van der Waals surface area contributed by atoms with Crippen LogP contribution in [0.25, 0.3) is 10.8 Å². The molecule has 0 fully saturated rings. The largest absolute Gasteiger partial charge is 0.505 e. The molecule has 0 saturated carbocycles. The summed E-state index contributed by atoms with van der Waals surface area (Å²) in [6.45, 7) is 0. The SMILES string of the molecule is COc1ccc(NC(=O)C(Cc2ccccc2)Nc2cc(N=O)c3ccccc3c2O)cc1. The van der Waals surface area contributed by atoms with Crippen LogP contribution >= 0.6 is 0 Å². The summed E-state index contributed by atoms with van der Waals surface area (Å²) in [7, 11) is 1.58. The van der Waals surface area contributed by atoms with Gasteiger partial charge in [0, 0.05) is 22.9 Å². The van der Waals surface area contributed by atoms with E-state index >= 15 is 0 Å². The average Bonchev–Trinajstić information content (AvgIpc) is 2.86. The van der Waals surface area contributed by atoms with Crippen molar-refractivity contribution in [2.24, 2.45) is 5.18 Å². The van der Waals surface area contributed by atoms with Crippen molar-refractivity contribution in [3.05, 3.63) is 95.4 Å². The maximum atomic E-state index is 13.2. The first-order valence-electron chi connectivity index (χ1n) is 10.4. The number of rotatable bonds is 8. The van der Waals surface area contributed by atoms with Gasteiger partial charge in [-0.3, -0.25) is 4.79 Å². The highest BCUT2D eigenvalue weighted by Crippen LogP contribution is 2.39. The predicted molar refractivity (Wildman–Crippen MR) is 130 cm³/mol. The van der Waals surface area contributed by atoms with Gasteiger partial charge in [0.2, 0.25) is 5.91 Å². The van der Waals surface area contributed by atoms with Crippen molar-refractivity contribution in [3.8, 4) is 11.5 Å². The Morgan fingerprint density at radius 2 is 1.64 bits per heavy atom. The third-order valence-electron chi connectivity index (χ3n) is 5.38. The zero-order valence-electron chi connectivity index (χ0n) is 18.0. The third-order valence-corrected chi connectivity index (χ3v) is 5.38. The minimum Gasteiger partial charge on any atom is -0.505 e. The number of anilines is 2. The molecular formula is C26H23N3O4. The Balaban J connectivity index is 1.66. The van der Waals surface area contributed by atoms with Crippen molar-refractivity contribution < 1.29 is 14.6 Å². The van der Waals surface area contributed by atoms with Gasteiger partial charge < -0.3 is 20.5 Å². The smallest absolute Gasteiger partial charge is 0.247 e. The Morgan fingerprint density at radius 3 is 2.30 bits per heavy atom. The molecule has 4 rings (SSSR count). The number of benzene rings is 4. The molecule has 1 amide bonds. The summed E-state index contributed by atoms with van der Waals surface area (Å²) >= 11 is 0. The van der Waals surface area contributed by atoms with E-state index in [1.54, 1.807) is 55.6 Å². The lowest BCUT2D eigenvalue weighted by molar-refractivity contribution is -0.116. The highest BCUT2D eigenvalue weighted by molar-refractivity contribution is 6.02. The number of amides is 1. The molecule has 166 valence electrons. The van der Waals surface area contributed by atoms with Gasteiger partial charge in [-0.2, -0.15) is 0 Å². The van der Waals surface area contributed by atoms with Gasteiger partial charge in [-0.15, -0.1) is 4.91 Å². The van der Waals surface area contributed by atoms with Crippen LogP contribution in [0.15, 0.2) is 90.1 Å². The first-order valence-corrected chi connectivity index (χ1v) is 10.4. The molecule has 1 atom stereocenters. The third kappa shape index (κ3) is 4.93. The van der Waals surface area contributed by atoms with Crippen LogP contribution in [0.5, 0.6) is 11.5 Å². The van der Waals surface area contributed by atoms with Gasteiger partial charge in [0.05, 0.1) is 12.8 Å². The van der Waals surface area contributed by atoms with Crippen LogP contribution < -0.4 is 15.4 Å². The summed E-state index contributed by atoms with van der Waals surface area (Å²) < 4.78 is 5.16. The normalized spacial score (nSPS) is 11.5.